The zero-order valence-electron chi connectivity index (χ0n) is 19.4. The molecule has 4 aliphatic rings. The van der Waals surface area contributed by atoms with Crippen LogP contribution < -0.4 is 10.6 Å². The summed E-state index contributed by atoms with van der Waals surface area (Å²) in [7, 11) is 3.47. The van der Waals surface area contributed by atoms with Crippen LogP contribution in [0.4, 0.5) is 10.2 Å². The molecule has 6 rings (SSSR count). The van der Waals surface area contributed by atoms with E-state index in [0.717, 1.165) is 17.0 Å². The zero-order valence-corrected chi connectivity index (χ0v) is 19.4. The van der Waals surface area contributed by atoms with E-state index in [1.165, 1.54) is 6.20 Å². The van der Waals surface area contributed by atoms with Crippen molar-refractivity contribution in [2.45, 2.75) is 37.2 Å². The maximum Gasteiger partial charge on any atom is 0.257 e. The van der Waals surface area contributed by atoms with Crippen LogP contribution >= 0.6 is 0 Å². The Morgan fingerprint density at radius 2 is 2.14 bits per heavy atom. The van der Waals surface area contributed by atoms with Gasteiger partial charge in [0.2, 0.25) is 0 Å². The van der Waals surface area contributed by atoms with Crippen molar-refractivity contribution < 1.29 is 18.7 Å². The molecule has 0 radical (unpaired) electrons. The smallest absolute Gasteiger partial charge is 0.257 e. The number of hydrogen-bond acceptors (Lipinski definition) is 7. The Balaban J connectivity index is 1.40. The zero-order chi connectivity index (χ0) is 24.1. The molecule has 0 aromatic carbocycles. The van der Waals surface area contributed by atoms with Crippen LogP contribution in [0.15, 0.2) is 36.8 Å². The first-order valence-electron chi connectivity index (χ1n) is 11.7. The standard InChI is InChI=1S/C24H26FN7O3/c1-26-21-8-18(29-23-15(10-28-32(21)23)24(33)30-17-6-5-16(17)25)14-9-27-22-13(14)4-3-7-31(22)19-11-35-12-20(19)34-2/h3-4,7-10,16-17,19-20,26H,5-6,11-12H2,1-2H3,(H,30,33)/t16-,17?,19+,20+/m0/s1. The summed E-state index contributed by atoms with van der Waals surface area (Å²) in [5.41, 5.74) is 3.09. The number of alkyl halides is 1. The molecule has 0 spiro atoms. The lowest BCUT2D eigenvalue weighted by atomic mass is 9.90. The predicted molar refractivity (Wildman–Crippen MR) is 126 cm³/mol. The van der Waals surface area contributed by atoms with E-state index < -0.39 is 12.2 Å². The number of carbonyl (C=O) groups is 1. The number of nitrogens with one attached hydrogen (secondary N) is 2. The molecule has 3 aliphatic heterocycles. The summed E-state index contributed by atoms with van der Waals surface area (Å²) in [5.74, 6) is 1.09. The van der Waals surface area contributed by atoms with Crippen LogP contribution in [0.5, 0.6) is 0 Å². The molecule has 11 heteroatoms. The van der Waals surface area contributed by atoms with Crippen molar-refractivity contribution in [1.82, 2.24) is 29.5 Å². The van der Waals surface area contributed by atoms with Crippen molar-refractivity contribution >= 4 is 17.4 Å². The Bertz CT molecular complexity index is 1370. The summed E-state index contributed by atoms with van der Waals surface area (Å²) < 4.78 is 28.6. The van der Waals surface area contributed by atoms with Crippen molar-refractivity contribution in [3.05, 3.63) is 42.4 Å². The van der Waals surface area contributed by atoms with Crippen molar-refractivity contribution in [3.63, 3.8) is 0 Å². The lowest BCUT2D eigenvalue weighted by Crippen LogP contribution is -2.48. The van der Waals surface area contributed by atoms with Gasteiger partial charge in [0.25, 0.3) is 5.91 Å². The molecule has 2 fully saturated rings. The summed E-state index contributed by atoms with van der Waals surface area (Å²) in [4.78, 5) is 22.4. The van der Waals surface area contributed by atoms with Crippen LogP contribution in [0.1, 0.15) is 29.2 Å². The minimum Gasteiger partial charge on any atom is -0.377 e. The van der Waals surface area contributed by atoms with E-state index in [9.17, 15) is 9.18 Å². The monoisotopic (exact) mass is 479 g/mol. The van der Waals surface area contributed by atoms with E-state index >= 15 is 0 Å². The highest BCUT2D eigenvalue weighted by molar-refractivity contribution is 6.00. The van der Waals surface area contributed by atoms with Gasteiger partial charge in [-0.15, -0.1) is 0 Å². The first kappa shape index (κ1) is 21.9. The van der Waals surface area contributed by atoms with Crippen LogP contribution in [-0.2, 0) is 9.47 Å². The van der Waals surface area contributed by atoms with E-state index in [-0.39, 0.29) is 18.1 Å². The number of rotatable bonds is 6. The van der Waals surface area contributed by atoms with Gasteiger partial charge in [0.05, 0.1) is 37.2 Å². The van der Waals surface area contributed by atoms with Crippen molar-refractivity contribution in [1.29, 1.82) is 0 Å². The van der Waals surface area contributed by atoms with Crippen LogP contribution in [0.25, 0.3) is 28.3 Å². The Hall–Kier alpha value is -3.57. The maximum absolute atomic E-state index is 13.7. The number of aromatic nitrogens is 5. The number of nitrogens with zero attached hydrogens (tertiary/aromatic N) is 5. The highest BCUT2D eigenvalue weighted by Gasteiger charge is 2.34. The largest absolute Gasteiger partial charge is 0.377 e. The average molecular weight is 480 g/mol. The minimum absolute atomic E-state index is 0.0192. The molecule has 1 aliphatic carbocycles. The van der Waals surface area contributed by atoms with Gasteiger partial charge in [-0.05, 0) is 25.0 Å². The topological polar surface area (TPSA) is 108 Å². The van der Waals surface area contributed by atoms with Gasteiger partial charge in [-0.25, -0.2) is 14.4 Å². The van der Waals surface area contributed by atoms with Crippen LogP contribution in [0, 0.1) is 0 Å². The van der Waals surface area contributed by atoms with Gasteiger partial charge < -0.3 is 24.7 Å². The van der Waals surface area contributed by atoms with Gasteiger partial charge in [0, 0.05) is 43.7 Å². The summed E-state index contributed by atoms with van der Waals surface area (Å²) in [5, 5.41) is 10.2. The normalized spacial score (nSPS) is 24.1. The quantitative estimate of drug-likeness (QED) is 0.438. The van der Waals surface area contributed by atoms with Gasteiger partial charge in [0.1, 0.15) is 29.5 Å². The predicted octanol–water partition coefficient (Wildman–Crippen LogP) is 2.56. The van der Waals surface area contributed by atoms with Crippen molar-refractivity contribution in [2.75, 3.05) is 32.7 Å². The number of methoxy groups -OCH3 is 1. The number of amides is 1. The molecule has 1 saturated heterocycles. The number of hydrogen-bond donors (Lipinski definition) is 2. The van der Waals surface area contributed by atoms with Crippen LogP contribution in [-0.4, -0.2) is 75.7 Å². The molecule has 1 saturated carbocycles. The fraction of sp³-hybridized carbons (Fsp3) is 0.417. The lowest BCUT2D eigenvalue weighted by Gasteiger charge is -2.30. The number of fused-ring (bicyclic) bond motifs is 2. The SMILES string of the molecule is CNc1cc(-c2cnc3n([C@@H]4COC[C@H]4OC)cccc2-3)nc2c(C(=O)NC3CC[C@@H]3F)cnn12. The Kier molecular flexibility index (Phi) is 5.37. The van der Waals surface area contributed by atoms with Gasteiger partial charge in [0.15, 0.2) is 5.65 Å². The lowest BCUT2D eigenvalue weighted by molar-refractivity contribution is 0.0686. The van der Waals surface area contributed by atoms with E-state index in [2.05, 4.69) is 20.3 Å². The highest BCUT2D eigenvalue weighted by Crippen LogP contribution is 2.37. The van der Waals surface area contributed by atoms with E-state index in [0.29, 0.717) is 48.8 Å². The molecule has 35 heavy (non-hydrogen) atoms. The molecule has 5 heterocycles. The van der Waals surface area contributed by atoms with Crippen LogP contribution in [0.3, 0.4) is 0 Å². The third-order valence-electron chi connectivity index (χ3n) is 7.02. The molecule has 4 atom stereocenters. The second-order valence-electron chi connectivity index (χ2n) is 8.95. The molecule has 2 aromatic heterocycles. The molecular formula is C24H26FN7O3. The Morgan fingerprint density at radius 3 is 2.89 bits per heavy atom. The number of pyridine rings is 1. The van der Waals surface area contributed by atoms with Crippen molar-refractivity contribution in [3.8, 4) is 22.6 Å². The van der Waals surface area contributed by atoms with Gasteiger partial charge >= 0.3 is 0 Å². The fourth-order valence-corrected chi connectivity index (χ4v) is 4.84. The molecular weight excluding hydrogens is 453 g/mol. The number of carbonyl (C=O) groups excluding carboxylic acids is 1. The number of halogens is 1. The highest BCUT2D eigenvalue weighted by atomic mass is 19.1. The van der Waals surface area contributed by atoms with Gasteiger partial charge in [-0.1, -0.05) is 0 Å². The second kappa shape index (κ2) is 8.58. The third kappa shape index (κ3) is 3.53. The summed E-state index contributed by atoms with van der Waals surface area (Å²) in [6.07, 6.45) is 5.29. The van der Waals surface area contributed by atoms with E-state index in [1.54, 1.807) is 24.9 Å². The first-order chi connectivity index (χ1) is 17.1. The fourth-order valence-electron chi connectivity index (χ4n) is 4.84. The average Bonchev–Trinajstić information content (AvgIpc) is 3.63. The Morgan fingerprint density at radius 1 is 1.26 bits per heavy atom. The maximum atomic E-state index is 13.7. The molecule has 2 aromatic rings. The number of anilines is 1. The van der Waals surface area contributed by atoms with E-state index in [4.69, 9.17) is 19.4 Å². The Labute approximate surface area is 200 Å². The van der Waals surface area contributed by atoms with Crippen molar-refractivity contribution in [2.24, 2.45) is 0 Å². The van der Waals surface area contributed by atoms with Gasteiger partial charge in [-0.3, -0.25) is 4.79 Å². The number of ether oxygens (including phenoxy) is 2. The molecule has 1 amide bonds. The molecule has 2 N–H and O–H groups in total. The molecule has 0 bridgehead atoms. The summed E-state index contributed by atoms with van der Waals surface area (Å²) >= 11 is 0. The third-order valence-corrected chi connectivity index (χ3v) is 7.02. The summed E-state index contributed by atoms with van der Waals surface area (Å²) in [6.45, 7) is 1.09. The minimum atomic E-state index is -1.01. The second-order valence-corrected chi connectivity index (χ2v) is 8.95. The van der Waals surface area contributed by atoms with Crippen LogP contribution in [0.2, 0.25) is 0 Å². The first-order valence-corrected chi connectivity index (χ1v) is 11.7. The molecule has 182 valence electrons. The molecule has 1 unspecified atom stereocenters. The van der Waals surface area contributed by atoms with E-state index in [1.807, 2.05) is 24.4 Å². The van der Waals surface area contributed by atoms with Gasteiger partial charge in [-0.2, -0.15) is 9.61 Å². The summed E-state index contributed by atoms with van der Waals surface area (Å²) in [6, 6.07) is 5.40. The molecule has 10 nitrogen and oxygen atoms in total.